The van der Waals surface area contributed by atoms with Gasteiger partial charge in [0.05, 0.1) is 23.6 Å². The second-order valence-electron chi connectivity index (χ2n) is 7.22. The SMILES string of the molecule is CCOc1ccccc1NC(=O)CSc1nnc2ccc(C(=O)Nc3cccc(C)c3)cn12. The molecule has 2 aromatic carbocycles. The Morgan fingerprint density at radius 2 is 1.88 bits per heavy atom. The van der Waals surface area contributed by atoms with Crippen molar-refractivity contribution in [1.82, 2.24) is 14.6 Å². The molecule has 2 amide bonds. The molecular weight excluding hydrogens is 438 g/mol. The van der Waals surface area contributed by atoms with E-state index in [2.05, 4.69) is 20.8 Å². The summed E-state index contributed by atoms with van der Waals surface area (Å²) in [5, 5.41) is 14.6. The summed E-state index contributed by atoms with van der Waals surface area (Å²) >= 11 is 1.23. The monoisotopic (exact) mass is 461 g/mol. The Kier molecular flexibility index (Phi) is 6.89. The van der Waals surface area contributed by atoms with Gasteiger partial charge in [-0.25, -0.2) is 0 Å². The van der Waals surface area contributed by atoms with Gasteiger partial charge in [-0.1, -0.05) is 36.0 Å². The lowest BCUT2D eigenvalue weighted by Gasteiger charge is -2.11. The largest absolute Gasteiger partial charge is 0.492 e. The van der Waals surface area contributed by atoms with Crippen LogP contribution in [0.15, 0.2) is 72.0 Å². The molecule has 0 spiro atoms. The van der Waals surface area contributed by atoms with Gasteiger partial charge in [0.2, 0.25) is 5.91 Å². The van der Waals surface area contributed by atoms with Crippen LogP contribution in [0.3, 0.4) is 0 Å². The van der Waals surface area contributed by atoms with Gasteiger partial charge in [-0.2, -0.15) is 0 Å². The number of thioether (sulfide) groups is 1. The van der Waals surface area contributed by atoms with Gasteiger partial charge >= 0.3 is 0 Å². The predicted molar refractivity (Wildman–Crippen MR) is 129 cm³/mol. The Morgan fingerprint density at radius 3 is 2.70 bits per heavy atom. The molecule has 0 aliphatic carbocycles. The number of carbonyl (C=O) groups excluding carboxylic acids is 2. The molecule has 4 aromatic rings. The fourth-order valence-corrected chi connectivity index (χ4v) is 3.91. The summed E-state index contributed by atoms with van der Waals surface area (Å²) < 4.78 is 7.25. The first-order valence-electron chi connectivity index (χ1n) is 10.4. The van der Waals surface area contributed by atoms with Crippen molar-refractivity contribution in [2.24, 2.45) is 0 Å². The molecule has 2 N–H and O–H groups in total. The molecule has 8 nitrogen and oxygen atoms in total. The molecular formula is C24H23N5O3S. The number of hydrogen-bond acceptors (Lipinski definition) is 6. The van der Waals surface area contributed by atoms with Crippen molar-refractivity contribution in [3.05, 3.63) is 78.0 Å². The number of aryl methyl sites for hydroxylation is 1. The van der Waals surface area contributed by atoms with Crippen molar-refractivity contribution in [2.75, 3.05) is 23.0 Å². The molecule has 0 bridgehead atoms. The third-order valence-electron chi connectivity index (χ3n) is 4.70. The number of pyridine rings is 1. The molecule has 0 saturated heterocycles. The Hall–Kier alpha value is -3.85. The first-order chi connectivity index (χ1) is 16.0. The van der Waals surface area contributed by atoms with Gasteiger partial charge in [-0.15, -0.1) is 10.2 Å². The van der Waals surface area contributed by atoms with Crippen LogP contribution in [-0.2, 0) is 4.79 Å². The van der Waals surface area contributed by atoms with Gasteiger partial charge in [0.15, 0.2) is 10.8 Å². The second kappa shape index (κ2) is 10.2. The second-order valence-corrected chi connectivity index (χ2v) is 8.16. The molecule has 0 unspecified atom stereocenters. The molecule has 2 aromatic heterocycles. The lowest BCUT2D eigenvalue weighted by Crippen LogP contribution is -2.15. The maximum Gasteiger partial charge on any atom is 0.257 e. The van der Waals surface area contributed by atoms with Gasteiger partial charge in [0.1, 0.15) is 5.75 Å². The zero-order chi connectivity index (χ0) is 23.2. The highest BCUT2D eigenvalue weighted by Gasteiger charge is 2.14. The molecule has 33 heavy (non-hydrogen) atoms. The van der Waals surface area contributed by atoms with E-state index in [-0.39, 0.29) is 17.6 Å². The molecule has 2 heterocycles. The van der Waals surface area contributed by atoms with Crippen molar-refractivity contribution < 1.29 is 14.3 Å². The number of nitrogens with zero attached hydrogens (tertiary/aromatic N) is 3. The van der Waals surface area contributed by atoms with Crippen LogP contribution in [0.2, 0.25) is 0 Å². The van der Waals surface area contributed by atoms with E-state index >= 15 is 0 Å². The minimum atomic E-state index is -0.238. The lowest BCUT2D eigenvalue weighted by molar-refractivity contribution is -0.113. The minimum absolute atomic E-state index is 0.126. The van der Waals surface area contributed by atoms with Crippen molar-refractivity contribution >= 4 is 40.6 Å². The number of ether oxygens (including phenoxy) is 1. The zero-order valence-electron chi connectivity index (χ0n) is 18.2. The summed E-state index contributed by atoms with van der Waals surface area (Å²) in [7, 11) is 0. The summed E-state index contributed by atoms with van der Waals surface area (Å²) in [6, 6.07) is 18.3. The summed E-state index contributed by atoms with van der Waals surface area (Å²) in [4.78, 5) is 25.2. The maximum absolute atomic E-state index is 12.7. The van der Waals surface area contributed by atoms with Crippen LogP contribution >= 0.6 is 11.8 Å². The number of fused-ring (bicyclic) bond motifs is 1. The van der Waals surface area contributed by atoms with E-state index in [1.807, 2.05) is 56.3 Å². The molecule has 0 atom stereocenters. The maximum atomic E-state index is 12.7. The first kappa shape index (κ1) is 22.3. The normalized spacial score (nSPS) is 10.7. The van der Waals surface area contributed by atoms with Crippen molar-refractivity contribution in [3.63, 3.8) is 0 Å². The van der Waals surface area contributed by atoms with E-state index in [1.54, 1.807) is 28.8 Å². The van der Waals surface area contributed by atoms with Crippen LogP contribution in [0.1, 0.15) is 22.8 Å². The van der Waals surface area contributed by atoms with Gasteiger partial charge in [0, 0.05) is 11.9 Å². The number of benzene rings is 2. The topological polar surface area (TPSA) is 97.6 Å². The summed E-state index contributed by atoms with van der Waals surface area (Å²) in [5.41, 5.74) is 3.45. The van der Waals surface area contributed by atoms with Crippen LogP contribution in [0, 0.1) is 6.92 Å². The van der Waals surface area contributed by atoms with Crippen molar-refractivity contribution in [2.45, 2.75) is 19.0 Å². The fraction of sp³-hybridized carbons (Fsp3) is 0.167. The quantitative estimate of drug-likeness (QED) is 0.377. The standard InChI is InChI=1S/C24H23N5O3S/c1-3-32-20-10-5-4-9-19(20)26-22(30)15-33-24-28-27-21-12-11-17(14-29(21)24)23(31)25-18-8-6-7-16(2)13-18/h4-14H,3,15H2,1-2H3,(H,25,31)(H,26,30). The predicted octanol–water partition coefficient (Wildman–Crippen LogP) is 4.42. The number of nitrogens with one attached hydrogen (secondary N) is 2. The highest BCUT2D eigenvalue weighted by molar-refractivity contribution is 7.99. The number of carbonyl (C=O) groups is 2. The molecule has 4 rings (SSSR count). The van der Waals surface area contributed by atoms with Gasteiger partial charge in [0.25, 0.3) is 5.91 Å². The Morgan fingerprint density at radius 1 is 1.03 bits per heavy atom. The van der Waals surface area contributed by atoms with Crippen LogP contribution in [0.4, 0.5) is 11.4 Å². The van der Waals surface area contributed by atoms with E-state index in [9.17, 15) is 9.59 Å². The van der Waals surface area contributed by atoms with E-state index in [0.717, 1.165) is 11.3 Å². The number of aromatic nitrogens is 3. The Bertz CT molecular complexity index is 1300. The number of rotatable bonds is 8. The van der Waals surface area contributed by atoms with Crippen molar-refractivity contribution in [3.8, 4) is 5.75 Å². The smallest absolute Gasteiger partial charge is 0.257 e. The summed E-state index contributed by atoms with van der Waals surface area (Å²) in [6.45, 7) is 4.36. The Balaban J connectivity index is 1.44. The van der Waals surface area contributed by atoms with Gasteiger partial charge in [-0.3, -0.25) is 14.0 Å². The van der Waals surface area contributed by atoms with E-state index in [0.29, 0.717) is 34.4 Å². The summed E-state index contributed by atoms with van der Waals surface area (Å²) in [5.74, 6) is 0.311. The molecule has 168 valence electrons. The van der Waals surface area contributed by atoms with Gasteiger partial charge in [-0.05, 0) is 55.8 Å². The van der Waals surface area contributed by atoms with Gasteiger partial charge < -0.3 is 15.4 Å². The average molecular weight is 462 g/mol. The minimum Gasteiger partial charge on any atom is -0.492 e. The molecule has 0 aliphatic heterocycles. The average Bonchev–Trinajstić information content (AvgIpc) is 3.21. The number of anilines is 2. The van der Waals surface area contributed by atoms with Crippen LogP contribution in [0.5, 0.6) is 5.75 Å². The number of hydrogen-bond donors (Lipinski definition) is 2. The van der Waals surface area contributed by atoms with Crippen LogP contribution in [-0.4, -0.2) is 38.8 Å². The number of amides is 2. The van der Waals surface area contributed by atoms with Crippen LogP contribution < -0.4 is 15.4 Å². The van der Waals surface area contributed by atoms with E-state index < -0.39 is 0 Å². The molecule has 0 aliphatic rings. The molecule has 0 fully saturated rings. The van der Waals surface area contributed by atoms with Crippen molar-refractivity contribution in [1.29, 1.82) is 0 Å². The third kappa shape index (κ3) is 5.50. The van der Waals surface area contributed by atoms with E-state index in [4.69, 9.17) is 4.74 Å². The highest BCUT2D eigenvalue weighted by atomic mass is 32.2. The molecule has 9 heteroatoms. The molecule has 0 radical (unpaired) electrons. The zero-order valence-corrected chi connectivity index (χ0v) is 19.1. The Labute approximate surface area is 195 Å². The first-order valence-corrected chi connectivity index (χ1v) is 11.4. The fourth-order valence-electron chi connectivity index (χ4n) is 3.20. The lowest BCUT2D eigenvalue weighted by atomic mass is 10.2. The van der Waals surface area contributed by atoms with E-state index in [1.165, 1.54) is 11.8 Å². The summed E-state index contributed by atoms with van der Waals surface area (Å²) in [6.07, 6.45) is 1.67. The van der Waals surface area contributed by atoms with Crippen LogP contribution in [0.25, 0.3) is 5.65 Å². The molecule has 0 saturated carbocycles. The highest BCUT2D eigenvalue weighted by Crippen LogP contribution is 2.25. The number of para-hydroxylation sites is 2. The third-order valence-corrected chi connectivity index (χ3v) is 5.65.